The lowest BCUT2D eigenvalue weighted by Crippen LogP contribution is -2.47. The van der Waals surface area contributed by atoms with Crippen molar-refractivity contribution in [2.45, 2.75) is 25.8 Å². The summed E-state index contributed by atoms with van der Waals surface area (Å²) in [4.78, 5) is 34.3. The van der Waals surface area contributed by atoms with E-state index in [1.807, 2.05) is 35.7 Å². The topological polar surface area (TPSA) is 97.5 Å². The van der Waals surface area contributed by atoms with Gasteiger partial charge in [0.15, 0.2) is 0 Å². The maximum Gasteiger partial charge on any atom is 0.336 e. The molecule has 2 unspecified atom stereocenters. The normalized spacial score (nSPS) is 21.0. The molecule has 0 N–H and O–H groups in total. The minimum Gasteiger partial charge on any atom is -0.495 e. The highest BCUT2D eigenvalue weighted by Crippen LogP contribution is 2.39. The molecule has 0 radical (unpaired) electrons. The second-order valence-electron chi connectivity index (χ2n) is 8.61. The lowest BCUT2D eigenvalue weighted by molar-refractivity contribution is -0.505. The molecule has 4 rings (SSSR count). The average Bonchev–Trinajstić information content (AvgIpc) is 3.38. The summed E-state index contributed by atoms with van der Waals surface area (Å²) < 4.78 is 11.1. The van der Waals surface area contributed by atoms with Crippen LogP contribution in [0, 0.1) is 10.1 Å². The summed E-state index contributed by atoms with van der Waals surface area (Å²) in [5, 5.41) is 13.7. The van der Waals surface area contributed by atoms with E-state index in [1.54, 1.807) is 21.0 Å². The van der Waals surface area contributed by atoms with Gasteiger partial charge >= 0.3 is 5.97 Å². The first kappa shape index (κ1) is 24.9. The summed E-state index contributed by atoms with van der Waals surface area (Å²) in [6.45, 7) is 7.53. The molecule has 3 heterocycles. The molecule has 9 nitrogen and oxygen atoms in total. The van der Waals surface area contributed by atoms with Gasteiger partial charge in [-0.05, 0) is 37.4 Å². The van der Waals surface area contributed by atoms with Crippen molar-refractivity contribution >= 4 is 28.7 Å². The average molecular weight is 499 g/mol. The summed E-state index contributed by atoms with van der Waals surface area (Å²) in [7, 11) is 1.68. The van der Waals surface area contributed by atoms with Gasteiger partial charge in [0.2, 0.25) is 0 Å². The number of thiophene rings is 1. The molecule has 1 aromatic heterocycles. The van der Waals surface area contributed by atoms with Crippen LogP contribution in [0.3, 0.4) is 0 Å². The second-order valence-corrected chi connectivity index (χ2v) is 9.59. The molecule has 35 heavy (non-hydrogen) atoms. The van der Waals surface area contributed by atoms with Gasteiger partial charge in [0.25, 0.3) is 6.04 Å². The predicted molar refractivity (Wildman–Crippen MR) is 136 cm³/mol. The van der Waals surface area contributed by atoms with Crippen LogP contribution in [0.25, 0.3) is 0 Å². The van der Waals surface area contributed by atoms with Crippen LogP contribution in [0.4, 0.5) is 5.69 Å². The number of esters is 1. The van der Waals surface area contributed by atoms with Crippen LogP contribution in [0.15, 0.2) is 58.0 Å². The Kier molecular flexibility index (Phi) is 7.82. The summed E-state index contributed by atoms with van der Waals surface area (Å²) in [5.74, 6) is -0.367. The van der Waals surface area contributed by atoms with Gasteiger partial charge in [-0.3, -0.25) is 20.0 Å². The number of hydrogen-bond donors (Lipinski definition) is 0. The SMILES string of the molecule is COc1ccccc1N1CCN(CCOC(=O)C2=C(C)N=C(C)C([N+](=O)[O-])C2c2cccs2)CC1. The molecule has 0 bridgehead atoms. The van der Waals surface area contributed by atoms with Gasteiger partial charge in [-0.25, -0.2) is 4.79 Å². The standard InChI is InChI=1S/C25H30N4O5S/c1-17-22(23(21-9-6-16-35-21)24(29(31)32)18(2)26-17)25(30)34-15-14-27-10-12-28(13-11-27)19-7-4-5-8-20(19)33-3/h4-9,16,23-24H,10-15H2,1-3H3. The van der Waals surface area contributed by atoms with E-state index in [2.05, 4.69) is 20.9 Å². The quantitative estimate of drug-likeness (QED) is 0.312. The lowest BCUT2D eigenvalue weighted by Gasteiger charge is -2.36. The number of hydrogen-bond acceptors (Lipinski definition) is 9. The number of para-hydroxylation sites is 2. The molecular formula is C25H30N4O5S. The number of benzene rings is 1. The highest BCUT2D eigenvalue weighted by atomic mass is 32.1. The van der Waals surface area contributed by atoms with E-state index in [0.717, 1.165) is 42.5 Å². The van der Waals surface area contributed by atoms with E-state index >= 15 is 0 Å². The fraction of sp³-hybridized carbons (Fsp3) is 0.440. The molecule has 2 atom stereocenters. The van der Waals surface area contributed by atoms with Crippen LogP contribution in [0.1, 0.15) is 24.6 Å². The number of piperazine rings is 1. The predicted octanol–water partition coefficient (Wildman–Crippen LogP) is 3.60. The van der Waals surface area contributed by atoms with Gasteiger partial charge in [-0.15, -0.1) is 11.3 Å². The zero-order chi connectivity index (χ0) is 24.9. The number of ether oxygens (including phenoxy) is 2. The van der Waals surface area contributed by atoms with Gasteiger partial charge in [0.1, 0.15) is 18.3 Å². The lowest BCUT2D eigenvalue weighted by atomic mass is 9.84. The van der Waals surface area contributed by atoms with E-state index in [1.165, 1.54) is 11.3 Å². The van der Waals surface area contributed by atoms with Gasteiger partial charge in [-0.2, -0.15) is 0 Å². The van der Waals surface area contributed by atoms with E-state index in [-0.39, 0.29) is 17.1 Å². The number of nitro groups is 1. The van der Waals surface area contributed by atoms with Gasteiger partial charge in [0.05, 0.1) is 24.1 Å². The third-order valence-electron chi connectivity index (χ3n) is 6.52. The largest absolute Gasteiger partial charge is 0.495 e. The number of anilines is 1. The number of rotatable bonds is 8. The van der Waals surface area contributed by atoms with Crippen LogP contribution in [0.2, 0.25) is 0 Å². The number of carbonyl (C=O) groups is 1. The maximum atomic E-state index is 13.1. The highest BCUT2D eigenvalue weighted by molar-refractivity contribution is 7.10. The third kappa shape index (κ3) is 5.38. The van der Waals surface area contributed by atoms with Crippen molar-refractivity contribution in [3.05, 3.63) is 68.0 Å². The Labute approximate surface area is 208 Å². The fourth-order valence-corrected chi connectivity index (χ4v) is 5.64. The summed E-state index contributed by atoms with van der Waals surface area (Å²) in [5.41, 5.74) is 2.24. The Morgan fingerprint density at radius 1 is 1.17 bits per heavy atom. The molecule has 0 aliphatic carbocycles. The van der Waals surface area contributed by atoms with Crippen LogP contribution in [-0.4, -0.2) is 74.0 Å². The minimum absolute atomic E-state index is 0.216. The monoisotopic (exact) mass is 498 g/mol. The van der Waals surface area contributed by atoms with Gasteiger partial charge in [-0.1, -0.05) is 18.2 Å². The highest BCUT2D eigenvalue weighted by Gasteiger charge is 2.45. The van der Waals surface area contributed by atoms with Crippen LogP contribution in [-0.2, 0) is 9.53 Å². The van der Waals surface area contributed by atoms with E-state index < -0.39 is 17.9 Å². The molecule has 2 aliphatic heterocycles. The van der Waals surface area contributed by atoms with Crippen molar-refractivity contribution in [3.63, 3.8) is 0 Å². The Bertz CT molecular complexity index is 1120. The zero-order valence-corrected chi connectivity index (χ0v) is 21.0. The third-order valence-corrected chi connectivity index (χ3v) is 7.48. The summed E-state index contributed by atoms with van der Waals surface area (Å²) in [6, 6.07) is 10.6. The van der Waals surface area contributed by atoms with E-state index in [9.17, 15) is 14.9 Å². The summed E-state index contributed by atoms with van der Waals surface area (Å²) >= 11 is 1.40. The van der Waals surface area contributed by atoms with Crippen molar-refractivity contribution in [1.29, 1.82) is 0 Å². The maximum absolute atomic E-state index is 13.1. The number of aliphatic imine (C=N–C) groups is 1. The Morgan fingerprint density at radius 2 is 1.91 bits per heavy atom. The van der Waals surface area contributed by atoms with E-state index in [4.69, 9.17) is 9.47 Å². The molecule has 1 aromatic carbocycles. The van der Waals surface area contributed by atoms with Crippen LogP contribution >= 0.6 is 11.3 Å². The first-order valence-corrected chi connectivity index (χ1v) is 12.5. The first-order valence-electron chi connectivity index (χ1n) is 11.6. The van der Waals surface area contributed by atoms with Crippen LogP contribution < -0.4 is 9.64 Å². The second kappa shape index (κ2) is 11.0. The molecule has 0 spiro atoms. The smallest absolute Gasteiger partial charge is 0.336 e. The Hall–Kier alpha value is -3.24. The van der Waals surface area contributed by atoms with Crippen LogP contribution in [0.5, 0.6) is 5.75 Å². The first-order chi connectivity index (χ1) is 16.9. The molecular weight excluding hydrogens is 468 g/mol. The molecule has 10 heteroatoms. The Morgan fingerprint density at radius 3 is 2.57 bits per heavy atom. The minimum atomic E-state index is -1.08. The van der Waals surface area contributed by atoms with Gasteiger partial charge < -0.3 is 14.4 Å². The summed E-state index contributed by atoms with van der Waals surface area (Å²) in [6.07, 6.45) is 0. The van der Waals surface area contributed by atoms with Crippen molar-refractivity contribution in [2.75, 3.05) is 51.3 Å². The fourth-order valence-electron chi connectivity index (χ4n) is 4.78. The van der Waals surface area contributed by atoms with Crippen molar-refractivity contribution in [3.8, 4) is 5.75 Å². The zero-order valence-electron chi connectivity index (χ0n) is 20.2. The van der Waals surface area contributed by atoms with Crippen molar-refractivity contribution < 1.29 is 19.2 Å². The number of nitrogens with zero attached hydrogens (tertiary/aromatic N) is 4. The molecule has 1 saturated heterocycles. The number of carbonyl (C=O) groups excluding carboxylic acids is 1. The van der Waals surface area contributed by atoms with Crippen molar-refractivity contribution in [1.82, 2.24) is 4.90 Å². The Balaban J connectivity index is 1.37. The number of methoxy groups -OCH3 is 1. The van der Waals surface area contributed by atoms with E-state index in [0.29, 0.717) is 18.0 Å². The molecule has 0 saturated carbocycles. The molecule has 186 valence electrons. The number of allylic oxidation sites excluding steroid dienone is 1. The van der Waals surface area contributed by atoms with Gasteiger partial charge in [0, 0.05) is 48.2 Å². The molecule has 0 amide bonds. The molecule has 1 fully saturated rings. The molecule has 2 aromatic rings. The molecule has 2 aliphatic rings. The van der Waals surface area contributed by atoms with Crippen molar-refractivity contribution in [2.24, 2.45) is 4.99 Å².